The summed E-state index contributed by atoms with van der Waals surface area (Å²) in [6.45, 7) is 0.242. The predicted molar refractivity (Wildman–Crippen MR) is 101 cm³/mol. The number of thioether (sulfide) groups is 1. The maximum Gasteiger partial charge on any atom is 0.255 e. The Balaban J connectivity index is 1.92. The molecule has 3 N–H and O–H groups in total. The third-order valence-corrected chi connectivity index (χ3v) is 6.05. The number of fused-ring (bicyclic) bond motifs is 1. The molecular formula is C18H23N3O5S. The van der Waals surface area contributed by atoms with Gasteiger partial charge in [0.1, 0.15) is 6.04 Å². The van der Waals surface area contributed by atoms with Crippen LogP contribution in [0.3, 0.4) is 0 Å². The molecule has 2 atom stereocenters. The molecule has 3 rings (SSSR count). The van der Waals surface area contributed by atoms with Gasteiger partial charge < -0.3 is 20.1 Å². The lowest BCUT2D eigenvalue weighted by Crippen LogP contribution is -2.52. The highest BCUT2D eigenvalue weighted by molar-refractivity contribution is 7.98. The lowest BCUT2D eigenvalue weighted by Gasteiger charge is -2.29. The number of imide groups is 1. The number of benzene rings is 1. The first-order valence-electron chi connectivity index (χ1n) is 8.57. The van der Waals surface area contributed by atoms with E-state index in [9.17, 15) is 14.4 Å². The highest BCUT2D eigenvalue weighted by Gasteiger charge is 2.40. The van der Waals surface area contributed by atoms with E-state index in [1.807, 2.05) is 12.3 Å². The first-order chi connectivity index (χ1) is 12.9. The van der Waals surface area contributed by atoms with Crippen LogP contribution in [-0.4, -0.2) is 55.4 Å². The third kappa shape index (κ3) is 3.42. The lowest BCUT2D eigenvalue weighted by atomic mass is 10.0. The Morgan fingerprint density at radius 1 is 1.26 bits per heavy atom. The lowest BCUT2D eigenvalue weighted by molar-refractivity contribution is -0.136. The molecule has 0 aromatic heterocycles. The van der Waals surface area contributed by atoms with E-state index in [0.29, 0.717) is 23.2 Å². The van der Waals surface area contributed by atoms with E-state index in [1.165, 1.54) is 4.90 Å². The first kappa shape index (κ1) is 19.7. The number of carbonyl (C=O) groups is 3. The van der Waals surface area contributed by atoms with Crippen molar-refractivity contribution in [2.45, 2.75) is 37.0 Å². The Kier molecular flexibility index (Phi) is 5.73. The Labute approximate surface area is 161 Å². The Bertz CT molecular complexity index is 781. The number of nitrogen functional groups attached to an aromatic ring is 1. The van der Waals surface area contributed by atoms with Crippen LogP contribution in [-0.2, 0) is 25.6 Å². The fourth-order valence-electron chi connectivity index (χ4n) is 3.66. The molecule has 1 aromatic rings. The Hall–Kier alpha value is -2.10. The second-order valence-corrected chi connectivity index (χ2v) is 7.47. The van der Waals surface area contributed by atoms with E-state index in [1.54, 1.807) is 32.0 Å². The van der Waals surface area contributed by atoms with Crippen LogP contribution in [0.15, 0.2) is 12.1 Å². The second kappa shape index (κ2) is 7.87. The molecule has 0 aliphatic carbocycles. The predicted octanol–water partition coefficient (Wildman–Crippen LogP) is 1.05. The fraction of sp³-hybridized carbons (Fsp3) is 0.500. The average molecular weight is 393 g/mol. The van der Waals surface area contributed by atoms with E-state index >= 15 is 0 Å². The molecule has 0 bridgehead atoms. The van der Waals surface area contributed by atoms with Gasteiger partial charge in [0, 0.05) is 44.0 Å². The standard InChI is InChI=1S/C18H23N3O5S/c1-25-18(26-2)15(27-3)10-5-4-9-11(14(10)19)8-21(17(9)24)12-6-7-13(22)20-16(12)23/h4-5,12,15,18H,6-8,19H2,1-3H3,(H,20,22,23). The van der Waals surface area contributed by atoms with Gasteiger partial charge >= 0.3 is 0 Å². The highest BCUT2D eigenvalue weighted by Crippen LogP contribution is 2.40. The number of nitrogens with zero attached hydrogens (tertiary/aromatic N) is 1. The van der Waals surface area contributed by atoms with Gasteiger partial charge in [-0.2, -0.15) is 11.8 Å². The van der Waals surface area contributed by atoms with Crippen molar-refractivity contribution in [3.05, 3.63) is 28.8 Å². The van der Waals surface area contributed by atoms with Gasteiger partial charge in [-0.25, -0.2) is 0 Å². The molecule has 0 radical (unpaired) electrons. The number of piperidine rings is 1. The number of ether oxygens (including phenoxy) is 2. The number of hydrogen-bond acceptors (Lipinski definition) is 7. The smallest absolute Gasteiger partial charge is 0.255 e. The third-order valence-electron chi connectivity index (χ3n) is 5.07. The number of carbonyl (C=O) groups excluding carboxylic acids is 3. The summed E-state index contributed by atoms with van der Waals surface area (Å²) in [6, 6.07) is 2.89. The van der Waals surface area contributed by atoms with Crippen LogP contribution >= 0.6 is 11.8 Å². The molecule has 2 heterocycles. The van der Waals surface area contributed by atoms with E-state index in [2.05, 4.69) is 5.32 Å². The van der Waals surface area contributed by atoms with Crippen LogP contribution in [0.2, 0.25) is 0 Å². The van der Waals surface area contributed by atoms with E-state index in [4.69, 9.17) is 15.2 Å². The summed E-state index contributed by atoms with van der Waals surface area (Å²) in [7, 11) is 3.13. The normalized spacial score (nSPS) is 20.8. The summed E-state index contributed by atoms with van der Waals surface area (Å²) in [4.78, 5) is 37.9. The van der Waals surface area contributed by atoms with E-state index in [0.717, 1.165) is 5.56 Å². The molecule has 2 aliphatic heterocycles. The molecule has 3 amide bonds. The average Bonchev–Trinajstić information content (AvgIpc) is 2.98. The molecular weight excluding hydrogens is 370 g/mol. The molecule has 9 heteroatoms. The number of nitrogens with one attached hydrogen (secondary N) is 1. The number of rotatable bonds is 6. The minimum absolute atomic E-state index is 0.162. The van der Waals surface area contributed by atoms with Crippen LogP contribution in [0, 0.1) is 0 Å². The maximum absolute atomic E-state index is 12.8. The minimum atomic E-state index is -0.660. The van der Waals surface area contributed by atoms with Gasteiger partial charge in [0.05, 0.1) is 5.25 Å². The SMILES string of the molecule is COC(OC)C(SC)c1ccc2c(c1N)CN(C1CCC(=O)NC1=O)C2=O. The van der Waals surface area contributed by atoms with Crippen molar-refractivity contribution in [2.24, 2.45) is 0 Å². The van der Waals surface area contributed by atoms with Gasteiger partial charge in [-0.15, -0.1) is 0 Å². The first-order valence-corrected chi connectivity index (χ1v) is 9.86. The molecule has 0 saturated carbocycles. The zero-order chi connectivity index (χ0) is 19.7. The van der Waals surface area contributed by atoms with Gasteiger partial charge in [0.2, 0.25) is 11.8 Å². The van der Waals surface area contributed by atoms with E-state index < -0.39 is 18.2 Å². The zero-order valence-corrected chi connectivity index (χ0v) is 16.3. The van der Waals surface area contributed by atoms with E-state index in [-0.39, 0.29) is 30.0 Å². The molecule has 8 nitrogen and oxygen atoms in total. The summed E-state index contributed by atoms with van der Waals surface area (Å²) in [6.07, 6.45) is 1.99. The second-order valence-electron chi connectivity index (χ2n) is 6.49. The zero-order valence-electron chi connectivity index (χ0n) is 15.5. The van der Waals surface area contributed by atoms with Crippen LogP contribution in [0.25, 0.3) is 0 Å². The number of hydrogen-bond donors (Lipinski definition) is 2. The Morgan fingerprint density at radius 3 is 2.56 bits per heavy atom. The van der Waals surface area contributed by atoms with Crippen molar-refractivity contribution in [3.8, 4) is 0 Å². The van der Waals surface area contributed by atoms with Gasteiger partial charge in [-0.1, -0.05) is 6.07 Å². The fourth-order valence-corrected chi connectivity index (χ4v) is 4.56. The van der Waals surface area contributed by atoms with Crippen molar-refractivity contribution >= 4 is 35.2 Å². The van der Waals surface area contributed by atoms with Crippen molar-refractivity contribution in [1.29, 1.82) is 0 Å². The van der Waals surface area contributed by atoms with Crippen molar-refractivity contribution in [2.75, 3.05) is 26.2 Å². The molecule has 27 heavy (non-hydrogen) atoms. The summed E-state index contributed by atoms with van der Waals surface area (Å²) < 4.78 is 10.8. The quantitative estimate of drug-likeness (QED) is 0.422. The van der Waals surface area contributed by atoms with Gasteiger partial charge in [-0.05, 0) is 24.3 Å². The molecule has 2 unspecified atom stereocenters. The van der Waals surface area contributed by atoms with Crippen LogP contribution < -0.4 is 11.1 Å². The number of nitrogens with two attached hydrogens (primary N) is 1. The molecule has 146 valence electrons. The van der Waals surface area contributed by atoms with Crippen molar-refractivity contribution in [1.82, 2.24) is 10.2 Å². The molecule has 2 aliphatic rings. The van der Waals surface area contributed by atoms with Gasteiger partial charge in [0.15, 0.2) is 6.29 Å². The van der Waals surface area contributed by atoms with Crippen LogP contribution in [0.5, 0.6) is 0 Å². The molecule has 1 aromatic carbocycles. The maximum atomic E-state index is 12.8. The van der Waals surface area contributed by atoms with Gasteiger partial charge in [0.25, 0.3) is 5.91 Å². The minimum Gasteiger partial charge on any atom is -0.398 e. The molecule has 1 fully saturated rings. The summed E-state index contributed by atoms with van der Waals surface area (Å²) in [5.41, 5.74) is 8.94. The summed E-state index contributed by atoms with van der Waals surface area (Å²) >= 11 is 1.54. The topological polar surface area (TPSA) is 111 Å². The highest BCUT2D eigenvalue weighted by atomic mass is 32.2. The number of anilines is 1. The van der Waals surface area contributed by atoms with Crippen molar-refractivity contribution in [3.63, 3.8) is 0 Å². The van der Waals surface area contributed by atoms with Crippen molar-refractivity contribution < 1.29 is 23.9 Å². The number of methoxy groups -OCH3 is 2. The van der Waals surface area contributed by atoms with Crippen LogP contribution in [0.4, 0.5) is 5.69 Å². The summed E-state index contributed by atoms with van der Waals surface area (Å²) in [5, 5.41) is 2.14. The summed E-state index contributed by atoms with van der Waals surface area (Å²) in [5.74, 6) is -0.990. The Morgan fingerprint density at radius 2 is 1.96 bits per heavy atom. The number of amides is 3. The monoisotopic (exact) mass is 393 g/mol. The largest absolute Gasteiger partial charge is 0.398 e. The van der Waals surface area contributed by atoms with Crippen LogP contribution in [0.1, 0.15) is 39.6 Å². The molecule has 0 spiro atoms. The van der Waals surface area contributed by atoms with Gasteiger partial charge in [-0.3, -0.25) is 19.7 Å². The molecule has 1 saturated heterocycles.